The first-order valence-electron chi connectivity index (χ1n) is 23.2. The lowest BCUT2D eigenvalue weighted by Crippen LogP contribution is -2.55. The number of rotatable bonds is 15. The molecule has 0 amide bonds. The first-order valence-corrected chi connectivity index (χ1v) is 26.0. The van der Waals surface area contributed by atoms with Crippen LogP contribution in [-0.2, 0) is 4.74 Å². The summed E-state index contributed by atoms with van der Waals surface area (Å²) in [7, 11) is -1.30. The topological polar surface area (TPSA) is 9.23 Å². The quantitative estimate of drug-likeness (QED) is 0.0858. The first kappa shape index (κ1) is 42.1. The highest BCUT2D eigenvalue weighted by Gasteiger charge is 2.64. The normalized spacial score (nSPS) is 29.9. The Labute approximate surface area is 355 Å². The fourth-order valence-electron chi connectivity index (χ4n) is 13.2. The maximum Gasteiger partial charge on any atom is 0.0612 e. The van der Waals surface area contributed by atoms with E-state index < -0.39 is 15.8 Å². The molecule has 0 aliphatic heterocycles. The van der Waals surface area contributed by atoms with Crippen LogP contribution in [0.5, 0.6) is 0 Å². The van der Waals surface area contributed by atoms with Crippen LogP contribution in [0, 0.1) is 45.8 Å². The second-order valence-electron chi connectivity index (χ2n) is 20.0. The Morgan fingerprint density at radius 2 is 1.10 bits per heavy atom. The lowest BCUT2D eigenvalue weighted by Gasteiger charge is -2.63. The van der Waals surface area contributed by atoms with Gasteiger partial charge in [-0.15, -0.1) is 0 Å². The average molecular weight is 811 g/mol. The van der Waals surface area contributed by atoms with Crippen molar-refractivity contribution in [3.8, 4) is 0 Å². The first-order chi connectivity index (χ1) is 28.1. The highest BCUT2D eigenvalue weighted by atomic mass is 31.2. The van der Waals surface area contributed by atoms with Gasteiger partial charge in [-0.25, -0.2) is 0 Å². The Kier molecular flexibility index (Phi) is 13.2. The fraction of sp³-hybridized carbons (Fsp3) is 0.527. The van der Waals surface area contributed by atoms with Crippen LogP contribution in [0.3, 0.4) is 0 Å². The van der Waals surface area contributed by atoms with Gasteiger partial charge in [0.15, 0.2) is 0 Å². The van der Waals surface area contributed by atoms with Crippen molar-refractivity contribution in [2.24, 2.45) is 45.8 Å². The molecule has 3 heteroatoms. The maximum atomic E-state index is 7.16. The molecule has 0 N–H and O–H groups in total. The van der Waals surface area contributed by atoms with Crippen molar-refractivity contribution in [2.75, 3.05) is 6.61 Å². The highest BCUT2D eigenvalue weighted by molar-refractivity contribution is 7.89. The Morgan fingerprint density at radius 3 is 1.62 bits per heavy atom. The van der Waals surface area contributed by atoms with E-state index in [1.165, 1.54) is 85.4 Å². The van der Waals surface area contributed by atoms with E-state index in [2.05, 4.69) is 169 Å². The van der Waals surface area contributed by atoms with E-state index >= 15 is 0 Å². The molecule has 4 aromatic rings. The molecule has 8 atom stereocenters. The van der Waals surface area contributed by atoms with E-state index in [1.54, 1.807) is 5.57 Å². The predicted molar refractivity (Wildman–Crippen MR) is 254 cm³/mol. The zero-order valence-corrected chi connectivity index (χ0v) is 38.4. The number of hydrogen-bond donors (Lipinski definition) is 0. The van der Waals surface area contributed by atoms with Crippen molar-refractivity contribution in [3.05, 3.63) is 133 Å². The molecule has 8 rings (SSSR count). The molecular weight excluding hydrogens is 739 g/mol. The van der Waals surface area contributed by atoms with E-state index in [0.29, 0.717) is 27.7 Å². The minimum Gasteiger partial charge on any atom is -0.378 e. The number of hydrogen-bond acceptors (Lipinski definition) is 1. The van der Waals surface area contributed by atoms with Gasteiger partial charge in [-0.1, -0.05) is 194 Å². The zero-order valence-electron chi connectivity index (χ0n) is 36.7. The monoisotopic (exact) mass is 811 g/mol. The summed E-state index contributed by atoms with van der Waals surface area (Å²) in [4.78, 5) is 0. The molecule has 4 aromatic carbocycles. The van der Waals surface area contributed by atoms with Gasteiger partial charge in [-0.05, 0) is 141 Å². The van der Waals surface area contributed by atoms with Gasteiger partial charge in [-0.3, -0.25) is 0 Å². The van der Waals surface area contributed by atoms with E-state index in [9.17, 15) is 0 Å². The van der Waals surface area contributed by atoms with Crippen LogP contribution in [0.15, 0.2) is 133 Å². The largest absolute Gasteiger partial charge is 0.378 e. The molecule has 0 spiro atoms. The molecule has 0 bridgehead atoms. The zero-order chi connectivity index (χ0) is 40.3. The average Bonchev–Trinajstić information content (AvgIpc) is 3.53. The van der Waals surface area contributed by atoms with E-state index in [1.807, 2.05) is 0 Å². The van der Waals surface area contributed by atoms with E-state index in [4.69, 9.17) is 4.74 Å². The molecular formula is C55H72OP2. The van der Waals surface area contributed by atoms with Crippen LogP contribution in [0.25, 0.3) is 0 Å². The Hall–Kier alpha value is -2.56. The summed E-state index contributed by atoms with van der Waals surface area (Å²) >= 11 is 0. The fourth-order valence-corrected chi connectivity index (χ4v) is 20.4. The number of allylic oxidation sites excluding steroid dienone is 1. The molecule has 4 aliphatic carbocycles. The number of fused-ring (bicyclic) bond motifs is 5. The van der Waals surface area contributed by atoms with Crippen molar-refractivity contribution in [2.45, 2.75) is 130 Å². The van der Waals surface area contributed by atoms with Gasteiger partial charge in [0.2, 0.25) is 0 Å². The molecule has 3 saturated carbocycles. The second kappa shape index (κ2) is 18.2. The standard InChI is InChI=1S/C55H72OP2/c1-41(2)20-19-21-42(3)49-33-37-55(6)51-31-30-43-40-44(32-36-53(43,4)50(51)34-38-54(49,55)5)56-39-35-52(57(45-22-11-7-12-23-45)46-24-13-8-14-25-46)58(47-26-15-9-16-27-47)48-28-17-10-18-29-48/h7-18,22-30,41-42,44,49-52H,19-21,31-40H2,1-6H3/t42-,44+,49-,50+,51-,53+,54-,55+/m1/s1. The van der Waals surface area contributed by atoms with Crippen molar-refractivity contribution < 1.29 is 4.74 Å². The molecule has 58 heavy (non-hydrogen) atoms. The van der Waals surface area contributed by atoms with Crippen LogP contribution in [0.4, 0.5) is 0 Å². The van der Waals surface area contributed by atoms with Crippen LogP contribution in [0.2, 0.25) is 0 Å². The molecule has 0 unspecified atom stereocenters. The maximum absolute atomic E-state index is 7.16. The van der Waals surface area contributed by atoms with Gasteiger partial charge in [0.05, 0.1) is 6.10 Å². The van der Waals surface area contributed by atoms with Crippen molar-refractivity contribution >= 4 is 37.1 Å². The van der Waals surface area contributed by atoms with Gasteiger partial charge in [-0.2, -0.15) is 0 Å². The molecule has 308 valence electrons. The Bertz CT molecular complexity index is 1770. The van der Waals surface area contributed by atoms with Crippen molar-refractivity contribution in [1.82, 2.24) is 0 Å². The molecule has 0 aromatic heterocycles. The van der Waals surface area contributed by atoms with E-state index in [-0.39, 0.29) is 0 Å². The highest BCUT2D eigenvalue weighted by Crippen LogP contribution is 2.73. The van der Waals surface area contributed by atoms with Crippen LogP contribution >= 0.6 is 15.8 Å². The van der Waals surface area contributed by atoms with Crippen molar-refractivity contribution in [3.63, 3.8) is 0 Å². The molecule has 0 saturated heterocycles. The Balaban J connectivity index is 1.01. The van der Waals surface area contributed by atoms with Crippen LogP contribution < -0.4 is 21.2 Å². The van der Waals surface area contributed by atoms with Crippen LogP contribution in [0.1, 0.15) is 119 Å². The number of benzene rings is 4. The van der Waals surface area contributed by atoms with Gasteiger partial charge >= 0.3 is 0 Å². The minimum atomic E-state index is -0.650. The molecule has 0 radical (unpaired) electrons. The van der Waals surface area contributed by atoms with Gasteiger partial charge in [0.25, 0.3) is 0 Å². The van der Waals surface area contributed by atoms with Crippen molar-refractivity contribution in [1.29, 1.82) is 0 Å². The third-order valence-corrected chi connectivity index (χ3v) is 23.1. The van der Waals surface area contributed by atoms with Gasteiger partial charge in [0, 0.05) is 12.0 Å². The Morgan fingerprint density at radius 1 is 0.586 bits per heavy atom. The lowest BCUT2D eigenvalue weighted by atomic mass is 9.42. The third-order valence-electron chi connectivity index (χ3n) is 16.6. The van der Waals surface area contributed by atoms with Crippen LogP contribution in [-0.4, -0.2) is 18.1 Å². The van der Waals surface area contributed by atoms with Gasteiger partial charge in [0.1, 0.15) is 0 Å². The smallest absolute Gasteiger partial charge is 0.0612 e. The molecule has 0 heterocycles. The van der Waals surface area contributed by atoms with E-state index in [0.717, 1.165) is 49.0 Å². The molecule has 4 aliphatic rings. The summed E-state index contributed by atoms with van der Waals surface area (Å²) in [6, 6.07) is 45.7. The summed E-state index contributed by atoms with van der Waals surface area (Å²) < 4.78 is 7.16. The predicted octanol–water partition coefficient (Wildman–Crippen LogP) is 13.8. The summed E-state index contributed by atoms with van der Waals surface area (Å²) in [5.41, 5.74) is 3.03. The number of ether oxygens (including phenoxy) is 1. The molecule has 1 nitrogen and oxygen atoms in total. The summed E-state index contributed by atoms with van der Waals surface area (Å²) in [6.07, 6.45) is 19.0. The third kappa shape index (κ3) is 8.25. The minimum absolute atomic E-state index is 0.322. The summed E-state index contributed by atoms with van der Waals surface area (Å²) in [5.74, 6) is 4.23. The van der Waals surface area contributed by atoms with Gasteiger partial charge < -0.3 is 4.74 Å². The second-order valence-corrected chi connectivity index (χ2v) is 25.2. The molecule has 3 fully saturated rings. The summed E-state index contributed by atoms with van der Waals surface area (Å²) in [5, 5.41) is 6.31. The summed E-state index contributed by atoms with van der Waals surface area (Å²) in [6.45, 7) is 16.4. The lowest BCUT2D eigenvalue weighted by molar-refractivity contribution is -0.116. The SMILES string of the molecule is CC(C)CCC[C@@H](C)[C@H]1CC[C@@]2(C)[C@@H]3CC=C4C[C@@H](OCCC(P(c5ccccc5)c5ccccc5)P(c5ccccc5)c5ccccc5)CC[C@]4(C)[C@H]3CC[C@]12C.